The molecular weight excluding hydrogens is 452 g/mol. The smallest absolute Gasteiger partial charge is 0.336 e. The van der Waals surface area contributed by atoms with Gasteiger partial charge in [0.2, 0.25) is 5.69 Å². The predicted molar refractivity (Wildman–Crippen MR) is 130 cm³/mol. The molecule has 0 amide bonds. The van der Waals surface area contributed by atoms with E-state index in [0.717, 1.165) is 33.4 Å². The zero-order valence-electron chi connectivity index (χ0n) is 17.8. The standard InChI is InChI=1S/C27H18N2O4.ClH/c30-26-12-6-19-16-21(8-10-24(19)32-26)28-15-14-23(18-4-2-1-3-5-18)29-22-9-11-25-20(17-22)7-13-27(31)33-25;/h1-17,29H;1H/b23-14-,28-15?;. The topological polar surface area (TPSA) is 86.4 Å². The number of halogens is 1. The van der Waals surface area contributed by atoms with E-state index < -0.39 is 0 Å². The number of benzene rings is 3. The van der Waals surface area contributed by atoms with Crippen LogP contribution in [0.1, 0.15) is 5.56 Å². The van der Waals surface area contributed by atoms with Crippen LogP contribution in [0, 0.1) is 0 Å². The highest BCUT2D eigenvalue weighted by atomic mass is 35.5. The molecule has 0 saturated carbocycles. The summed E-state index contributed by atoms with van der Waals surface area (Å²) in [6.45, 7) is 0. The minimum atomic E-state index is -0.371. The lowest BCUT2D eigenvalue weighted by atomic mass is 10.1. The fourth-order valence-corrected chi connectivity index (χ4v) is 3.52. The van der Waals surface area contributed by atoms with Crippen molar-refractivity contribution in [1.29, 1.82) is 0 Å². The van der Waals surface area contributed by atoms with Gasteiger partial charge in [-0.15, -0.1) is 0 Å². The molecule has 0 unspecified atom stereocenters. The monoisotopic (exact) mass is 470 g/mol. The second-order valence-corrected chi connectivity index (χ2v) is 7.40. The maximum Gasteiger partial charge on any atom is 0.336 e. The van der Waals surface area contributed by atoms with E-state index in [1.807, 2.05) is 66.9 Å². The number of nitrogens with one attached hydrogen (secondary N) is 2. The summed E-state index contributed by atoms with van der Waals surface area (Å²) < 4.78 is 10.4. The summed E-state index contributed by atoms with van der Waals surface area (Å²) in [7, 11) is 0. The Balaban J connectivity index is 0.00000274. The van der Waals surface area contributed by atoms with Crippen molar-refractivity contribution in [2.24, 2.45) is 0 Å². The molecule has 6 nitrogen and oxygen atoms in total. The molecule has 0 atom stereocenters. The van der Waals surface area contributed by atoms with Crippen LogP contribution in [0.25, 0.3) is 27.6 Å². The van der Waals surface area contributed by atoms with Crippen LogP contribution in [-0.2, 0) is 0 Å². The van der Waals surface area contributed by atoms with E-state index in [-0.39, 0.29) is 23.7 Å². The summed E-state index contributed by atoms with van der Waals surface area (Å²) in [6, 6.07) is 27.4. The van der Waals surface area contributed by atoms with Gasteiger partial charge in [0.15, 0.2) is 6.21 Å². The molecular formula is C27H19ClN2O4. The van der Waals surface area contributed by atoms with Gasteiger partial charge in [-0.2, -0.15) is 0 Å². The molecule has 3 aromatic carbocycles. The summed E-state index contributed by atoms with van der Waals surface area (Å²) >= 11 is 0. The first-order valence-electron chi connectivity index (χ1n) is 10.3. The summed E-state index contributed by atoms with van der Waals surface area (Å²) in [4.78, 5) is 26.1. The number of allylic oxidation sites excluding steroid dienone is 1. The minimum Gasteiger partial charge on any atom is -1.00 e. The van der Waals surface area contributed by atoms with Crippen molar-refractivity contribution in [2.75, 3.05) is 5.32 Å². The van der Waals surface area contributed by atoms with Crippen LogP contribution in [-0.4, -0.2) is 6.21 Å². The number of hydrogen-bond donors (Lipinski definition) is 2. The highest BCUT2D eigenvalue weighted by molar-refractivity contribution is 5.90. The molecule has 0 radical (unpaired) electrons. The van der Waals surface area contributed by atoms with E-state index in [1.165, 1.54) is 12.1 Å². The normalized spacial score (nSPS) is 11.6. The van der Waals surface area contributed by atoms with Crippen molar-refractivity contribution in [3.05, 3.63) is 123 Å². The van der Waals surface area contributed by atoms with Gasteiger partial charge in [-0.3, -0.25) is 0 Å². The largest absolute Gasteiger partial charge is 1.00 e. The summed E-state index contributed by atoms with van der Waals surface area (Å²) in [5.41, 5.74) is 3.96. The number of rotatable bonds is 5. The third kappa shape index (κ3) is 5.14. The van der Waals surface area contributed by atoms with Crippen LogP contribution < -0.4 is 34.0 Å². The Morgan fingerprint density at radius 3 is 2.09 bits per heavy atom. The van der Waals surface area contributed by atoms with Crippen molar-refractivity contribution in [3.8, 4) is 0 Å². The molecule has 0 aliphatic rings. The van der Waals surface area contributed by atoms with E-state index in [1.54, 1.807) is 24.3 Å². The Kier molecular flexibility index (Phi) is 6.71. The summed E-state index contributed by atoms with van der Waals surface area (Å²) in [6.07, 6.45) is 3.79. The van der Waals surface area contributed by atoms with Crippen molar-refractivity contribution in [3.63, 3.8) is 0 Å². The Labute approximate surface area is 200 Å². The Bertz CT molecular complexity index is 1640. The van der Waals surface area contributed by atoms with Crippen LogP contribution in [0.4, 0.5) is 11.4 Å². The Morgan fingerprint density at radius 2 is 1.38 bits per heavy atom. The van der Waals surface area contributed by atoms with Crippen LogP contribution >= 0.6 is 0 Å². The van der Waals surface area contributed by atoms with Gasteiger partial charge in [0, 0.05) is 46.8 Å². The average molecular weight is 471 g/mol. The van der Waals surface area contributed by atoms with Crippen LogP contribution in [0.2, 0.25) is 0 Å². The Morgan fingerprint density at radius 1 is 0.735 bits per heavy atom. The van der Waals surface area contributed by atoms with Crippen molar-refractivity contribution in [2.45, 2.75) is 0 Å². The third-order valence-electron chi connectivity index (χ3n) is 5.10. The molecule has 2 aromatic heterocycles. The lowest BCUT2D eigenvalue weighted by Gasteiger charge is -2.11. The van der Waals surface area contributed by atoms with E-state index in [2.05, 4.69) is 10.3 Å². The van der Waals surface area contributed by atoms with Gasteiger partial charge in [0.05, 0.1) is 5.70 Å². The van der Waals surface area contributed by atoms with E-state index in [9.17, 15) is 9.59 Å². The summed E-state index contributed by atoms with van der Waals surface area (Å²) in [5.74, 6) is 0. The van der Waals surface area contributed by atoms with Crippen LogP contribution in [0.3, 0.4) is 0 Å². The maximum atomic E-state index is 11.4. The van der Waals surface area contributed by atoms with Crippen LogP contribution in [0.15, 0.2) is 115 Å². The molecule has 0 bridgehead atoms. The Hall–Kier alpha value is -4.42. The molecule has 0 saturated heterocycles. The molecule has 2 N–H and O–H groups in total. The highest BCUT2D eigenvalue weighted by Gasteiger charge is 2.05. The molecule has 7 heteroatoms. The van der Waals surface area contributed by atoms with Crippen molar-refractivity contribution in [1.82, 2.24) is 0 Å². The maximum absolute atomic E-state index is 11.4. The second-order valence-electron chi connectivity index (χ2n) is 7.40. The van der Waals surface area contributed by atoms with E-state index >= 15 is 0 Å². The lowest BCUT2D eigenvalue weighted by Crippen LogP contribution is -3.00. The molecule has 34 heavy (non-hydrogen) atoms. The first kappa shape index (κ1) is 22.8. The highest BCUT2D eigenvalue weighted by Crippen LogP contribution is 2.22. The minimum absolute atomic E-state index is 0. The van der Waals surface area contributed by atoms with Gasteiger partial charge in [0.1, 0.15) is 11.2 Å². The first-order valence-corrected chi connectivity index (χ1v) is 10.3. The fourth-order valence-electron chi connectivity index (χ4n) is 3.52. The molecule has 5 rings (SSSR count). The van der Waals surface area contributed by atoms with E-state index in [0.29, 0.717) is 11.2 Å². The average Bonchev–Trinajstić information content (AvgIpc) is 2.84. The number of fused-ring (bicyclic) bond motifs is 2. The molecule has 5 aromatic rings. The van der Waals surface area contributed by atoms with Gasteiger partial charge >= 0.3 is 11.3 Å². The van der Waals surface area contributed by atoms with Crippen molar-refractivity contribution >= 4 is 45.2 Å². The van der Waals surface area contributed by atoms with Gasteiger partial charge in [-0.25, -0.2) is 14.6 Å². The van der Waals surface area contributed by atoms with Gasteiger partial charge in [-0.05, 0) is 42.0 Å². The van der Waals surface area contributed by atoms with Gasteiger partial charge in [0.25, 0.3) is 0 Å². The van der Waals surface area contributed by atoms with E-state index in [4.69, 9.17) is 8.83 Å². The number of anilines is 1. The molecule has 168 valence electrons. The predicted octanol–water partition coefficient (Wildman–Crippen LogP) is 0.839. The fraction of sp³-hybridized carbons (Fsp3) is 0. The molecule has 2 heterocycles. The first-order chi connectivity index (χ1) is 16.1. The molecule has 0 aliphatic heterocycles. The number of hydrogen-bond acceptors (Lipinski definition) is 5. The SMILES string of the molecule is O=c1ccc2cc(N/C(=C\C=[NH+]c3ccc4oc(=O)ccc4c3)c3ccccc3)ccc2o1.[Cl-]. The van der Waals surface area contributed by atoms with Gasteiger partial charge in [-0.1, -0.05) is 30.3 Å². The molecule has 0 aliphatic carbocycles. The summed E-state index contributed by atoms with van der Waals surface area (Å²) in [5, 5.41) is 5.11. The third-order valence-corrected chi connectivity index (χ3v) is 5.10. The van der Waals surface area contributed by atoms with Crippen molar-refractivity contribution < 1.29 is 26.2 Å². The molecule has 0 fully saturated rings. The zero-order chi connectivity index (χ0) is 22.6. The van der Waals surface area contributed by atoms with Gasteiger partial charge < -0.3 is 26.6 Å². The quantitative estimate of drug-likeness (QED) is 0.294. The second kappa shape index (κ2) is 10.0. The lowest BCUT2D eigenvalue weighted by molar-refractivity contribution is -0.346. The molecule has 0 spiro atoms. The zero-order valence-corrected chi connectivity index (χ0v) is 18.6. The van der Waals surface area contributed by atoms with Crippen LogP contribution in [0.5, 0.6) is 0 Å².